The van der Waals surface area contributed by atoms with E-state index in [1.165, 1.54) is 6.07 Å². The number of aromatic nitrogens is 5. The molecule has 1 aliphatic heterocycles. The van der Waals surface area contributed by atoms with Crippen molar-refractivity contribution in [1.29, 1.82) is 0 Å². The van der Waals surface area contributed by atoms with Crippen LogP contribution in [0.2, 0.25) is 0 Å². The highest BCUT2D eigenvalue weighted by atomic mass is 19.1. The van der Waals surface area contributed by atoms with Crippen molar-refractivity contribution in [3.63, 3.8) is 0 Å². The minimum atomic E-state index is -0.395. The molecule has 5 heterocycles. The van der Waals surface area contributed by atoms with Gasteiger partial charge in [-0.3, -0.25) is 14.6 Å². The number of halogens is 1. The van der Waals surface area contributed by atoms with Gasteiger partial charge < -0.3 is 10.1 Å². The van der Waals surface area contributed by atoms with Crippen LogP contribution in [0, 0.1) is 19.7 Å². The molecule has 0 aromatic carbocycles. The van der Waals surface area contributed by atoms with Crippen LogP contribution >= 0.6 is 0 Å². The SMILES string of the molecule is Cc1ccc(F)c(-c2cc(Nc3ccnc4cnn([C@H]5CCOC5)c34)c(C)cn2)n1. The first-order valence-electron chi connectivity index (χ1n) is 9.87. The monoisotopic (exact) mass is 404 g/mol. The Morgan fingerprint density at radius 3 is 2.87 bits per heavy atom. The number of ether oxygens (including phenoxy) is 1. The van der Waals surface area contributed by atoms with Gasteiger partial charge in [0.1, 0.15) is 16.7 Å². The van der Waals surface area contributed by atoms with Crippen molar-refractivity contribution < 1.29 is 9.13 Å². The fraction of sp³-hybridized carbons (Fsp3) is 0.273. The lowest BCUT2D eigenvalue weighted by molar-refractivity contribution is 0.185. The number of anilines is 2. The molecule has 30 heavy (non-hydrogen) atoms. The minimum absolute atomic E-state index is 0.187. The molecule has 0 bridgehead atoms. The third-order valence-corrected chi connectivity index (χ3v) is 5.34. The third-order valence-electron chi connectivity index (χ3n) is 5.34. The summed E-state index contributed by atoms with van der Waals surface area (Å²) in [6.07, 6.45) is 6.17. The van der Waals surface area contributed by atoms with Crippen LogP contribution in [0.4, 0.5) is 15.8 Å². The zero-order valence-electron chi connectivity index (χ0n) is 16.8. The van der Waals surface area contributed by atoms with Gasteiger partial charge in [-0.25, -0.2) is 9.37 Å². The number of aryl methyl sites for hydroxylation is 2. The second-order valence-corrected chi connectivity index (χ2v) is 7.49. The van der Waals surface area contributed by atoms with Gasteiger partial charge in [-0.05, 0) is 50.1 Å². The van der Waals surface area contributed by atoms with Crippen LogP contribution in [-0.2, 0) is 4.74 Å². The normalized spacial score (nSPS) is 16.3. The lowest BCUT2D eigenvalue weighted by atomic mass is 10.1. The summed E-state index contributed by atoms with van der Waals surface area (Å²) in [6.45, 7) is 5.16. The number of nitrogens with zero attached hydrogens (tertiary/aromatic N) is 5. The van der Waals surface area contributed by atoms with E-state index in [2.05, 4.69) is 25.4 Å². The lowest BCUT2D eigenvalue weighted by Gasteiger charge is -2.15. The lowest BCUT2D eigenvalue weighted by Crippen LogP contribution is -2.11. The van der Waals surface area contributed by atoms with E-state index >= 15 is 0 Å². The van der Waals surface area contributed by atoms with E-state index < -0.39 is 5.82 Å². The highest BCUT2D eigenvalue weighted by molar-refractivity contribution is 5.90. The predicted octanol–water partition coefficient (Wildman–Crippen LogP) is 4.35. The minimum Gasteiger partial charge on any atom is -0.379 e. The van der Waals surface area contributed by atoms with E-state index in [4.69, 9.17) is 4.74 Å². The van der Waals surface area contributed by atoms with Gasteiger partial charge in [0.2, 0.25) is 0 Å². The van der Waals surface area contributed by atoms with Gasteiger partial charge in [0.15, 0.2) is 5.82 Å². The van der Waals surface area contributed by atoms with Crippen LogP contribution in [0.25, 0.3) is 22.4 Å². The molecular weight excluding hydrogens is 383 g/mol. The maximum absolute atomic E-state index is 14.4. The van der Waals surface area contributed by atoms with Crippen molar-refractivity contribution in [2.24, 2.45) is 0 Å². The molecule has 0 aliphatic carbocycles. The van der Waals surface area contributed by atoms with Crippen molar-refractivity contribution in [1.82, 2.24) is 24.7 Å². The molecule has 0 radical (unpaired) electrons. The van der Waals surface area contributed by atoms with Gasteiger partial charge in [-0.15, -0.1) is 0 Å². The van der Waals surface area contributed by atoms with E-state index in [1.807, 2.05) is 30.7 Å². The Morgan fingerprint density at radius 2 is 2.03 bits per heavy atom. The zero-order valence-corrected chi connectivity index (χ0v) is 16.8. The smallest absolute Gasteiger partial charge is 0.151 e. The van der Waals surface area contributed by atoms with Gasteiger partial charge in [0.05, 0.1) is 30.2 Å². The molecule has 0 unspecified atom stereocenters. The molecule has 1 N–H and O–H groups in total. The molecule has 5 rings (SSSR count). The predicted molar refractivity (Wildman–Crippen MR) is 112 cm³/mol. The van der Waals surface area contributed by atoms with E-state index in [9.17, 15) is 4.39 Å². The van der Waals surface area contributed by atoms with Crippen molar-refractivity contribution in [2.45, 2.75) is 26.3 Å². The summed E-state index contributed by atoms with van der Waals surface area (Å²) in [5, 5.41) is 8.03. The van der Waals surface area contributed by atoms with E-state index in [0.29, 0.717) is 12.3 Å². The van der Waals surface area contributed by atoms with Crippen LogP contribution < -0.4 is 5.32 Å². The summed E-state index contributed by atoms with van der Waals surface area (Å²) in [4.78, 5) is 13.2. The van der Waals surface area contributed by atoms with E-state index in [0.717, 1.165) is 46.7 Å². The standard InChI is InChI=1S/C22H21FN6O/c1-13-10-25-19(21-16(23)4-3-14(2)27-21)9-18(13)28-17-5-7-24-20-11-26-29(22(17)20)15-6-8-30-12-15/h3-5,7,9-11,15H,6,8,12H2,1-2H3,(H,24,25,28)/t15-/m0/s1. The topological polar surface area (TPSA) is 77.8 Å². The number of hydrogen-bond donors (Lipinski definition) is 1. The summed E-state index contributed by atoms with van der Waals surface area (Å²) < 4.78 is 21.9. The maximum atomic E-state index is 14.4. The second kappa shape index (κ2) is 7.46. The molecule has 1 atom stereocenters. The van der Waals surface area contributed by atoms with E-state index in [1.54, 1.807) is 24.7 Å². The second-order valence-electron chi connectivity index (χ2n) is 7.49. The fourth-order valence-electron chi connectivity index (χ4n) is 3.73. The molecule has 152 valence electrons. The highest BCUT2D eigenvalue weighted by Crippen LogP contribution is 2.32. The Morgan fingerprint density at radius 1 is 1.13 bits per heavy atom. The molecule has 1 saturated heterocycles. The first-order valence-corrected chi connectivity index (χ1v) is 9.87. The molecule has 8 heteroatoms. The Balaban J connectivity index is 1.57. The Kier molecular flexibility index (Phi) is 4.63. The van der Waals surface area contributed by atoms with Gasteiger partial charge in [-0.1, -0.05) is 0 Å². The average Bonchev–Trinajstić information content (AvgIpc) is 3.41. The number of rotatable bonds is 4. The number of pyridine rings is 3. The molecule has 4 aromatic rings. The molecule has 7 nitrogen and oxygen atoms in total. The van der Waals surface area contributed by atoms with Crippen molar-refractivity contribution in [3.05, 3.63) is 59.9 Å². The van der Waals surface area contributed by atoms with Crippen molar-refractivity contribution in [3.8, 4) is 11.4 Å². The Bertz CT molecular complexity index is 1230. The van der Waals surface area contributed by atoms with Crippen molar-refractivity contribution in [2.75, 3.05) is 18.5 Å². The maximum Gasteiger partial charge on any atom is 0.151 e. The van der Waals surface area contributed by atoms with Crippen LogP contribution in [0.3, 0.4) is 0 Å². The summed E-state index contributed by atoms with van der Waals surface area (Å²) in [7, 11) is 0. The van der Waals surface area contributed by atoms with Gasteiger partial charge in [0, 0.05) is 30.4 Å². The first kappa shape index (κ1) is 18.6. The summed E-state index contributed by atoms with van der Waals surface area (Å²) in [5.41, 5.74) is 5.83. The molecule has 0 saturated carbocycles. The molecule has 0 amide bonds. The molecule has 1 fully saturated rings. The van der Waals surface area contributed by atoms with Gasteiger partial charge in [-0.2, -0.15) is 5.10 Å². The summed E-state index contributed by atoms with van der Waals surface area (Å²) in [5.74, 6) is -0.395. The third kappa shape index (κ3) is 3.29. The van der Waals surface area contributed by atoms with Crippen LogP contribution in [0.1, 0.15) is 23.7 Å². The average molecular weight is 404 g/mol. The number of fused-ring (bicyclic) bond motifs is 1. The van der Waals surface area contributed by atoms with E-state index in [-0.39, 0.29) is 11.7 Å². The summed E-state index contributed by atoms with van der Waals surface area (Å²) >= 11 is 0. The van der Waals surface area contributed by atoms with Gasteiger partial charge in [0.25, 0.3) is 0 Å². The quantitative estimate of drug-likeness (QED) is 0.545. The fourth-order valence-corrected chi connectivity index (χ4v) is 3.73. The first-order chi connectivity index (χ1) is 14.6. The van der Waals surface area contributed by atoms with Crippen LogP contribution in [-0.4, -0.2) is 37.9 Å². The largest absolute Gasteiger partial charge is 0.379 e. The van der Waals surface area contributed by atoms with Crippen molar-refractivity contribution >= 4 is 22.4 Å². The Labute approximate surface area is 173 Å². The molecule has 1 aliphatic rings. The number of hydrogen-bond acceptors (Lipinski definition) is 6. The molecule has 4 aromatic heterocycles. The van der Waals surface area contributed by atoms with Crippen LogP contribution in [0.15, 0.2) is 42.9 Å². The molecular formula is C22H21FN6O. The highest BCUT2D eigenvalue weighted by Gasteiger charge is 2.22. The Hall–Kier alpha value is -3.39. The van der Waals surface area contributed by atoms with Crippen LogP contribution in [0.5, 0.6) is 0 Å². The number of nitrogens with one attached hydrogen (secondary N) is 1. The zero-order chi connectivity index (χ0) is 20.7. The van der Waals surface area contributed by atoms with Gasteiger partial charge >= 0.3 is 0 Å². The molecule has 0 spiro atoms. The summed E-state index contributed by atoms with van der Waals surface area (Å²) in [6, 6.07) is 6.99.